The van der Waals surface area contributed by atoms with Gasteiger partial charge in [-0.3, -0.25) is 4.98 Å². The monoisotopic (exact) mass is 440 g/mol. The topological polar surface area (TPSA) is 77.8 Å². The van der Waals surface area contributed by atoms with Crippen LogP contribution in [0.4, 0.5) is 11.4 Å². The molecule has 7 nitrogen and oxygen atoms in total. The minimum atomic E-state index is 0.463. The van der Waals surface area contributed by atoms with Crippen LogP contribution >= 0.6 is 0 Å². The lowest BCUT2D eigenvalue weighted by atomic mass is 10.1. The molecule has 168 valence electrons. The molecule has 33 heavy (non-hydrogen) atoms. The van der Waals surface area contributed by atoms with E-state index in [0.717, 1.165) is 34.9 Å². The number of nitrogens with zero attached hydrogens (tertiary/aromatic N) is 5. The number of aromatic nitrogens is 5. The van der Waals surface area contributed by atoms with E-state index in [-0.39, 0.29) is 0 Å². The van der Waals surface area contributed by atoms with E-state index in [9.17, 15) is 0 Å². The van der Waals surface area contributed by atoms with Crippen LogP contribution in [0.1, 0.15) is 43.9 Å². The molecule has 0 radical (unpaired) electrons. The summed E-state index contributed by atoms with van der Waals surface area (Å²) in [5, 5.41) is 16.5. The van der Waals surface area contributed by atoms with Crippen molar-refractivity contribution in [1.29, 1.82) is 0 Å². The predicted molar refractivity (Wildman–Crippen MR) is 128 cm³/mol. The summed E-state index contributed by atoms with van der Waals surface area (Å²) in [5.41, 5.74) is 5.26. The number of rotatable bonds is 9. The van der Waals surface area contributed by atoms with Crippen LogP contribution in [0.15, 0.2) is 66.9 Å². The van der Waals surface area contributed by atoms with Crippen molar-refractivity contribution < 1.29 is 4.74 Å². The molecular formula is C26H28N6O. The van der Waals surface area contributed by atoms with Crippen LogP contribution in [0.2, 0.25) is 0 Å². The highest BCUT2D eigenvalue weighted by molar-refractivity contribution is 5.70. The molecule has 0 aliphatic heterocycles. The molecule has 0 unspecified atom stereocenters. The second kappa shape index (κ2) is 9.40. The van der Waals surface area contributed by atoms with Gasteiger partial charge < -0.3 is 10.1 Å². The van der Waals surface area contributed by atoms with Crippen LogP contribution in [0.3, 0.4) is 0 Å². The first kappa shape index (κ1) is 21.1. The van der Waals surface area contributed by atoms with Crippen LogP contribution in [0, 0.1) is 5.92 Å². The summed E-state index contributed by atoms with van der Waals surface area (Å²) in [6.07, 6.45) is 4.21. The summed E-state index contributed by atoms with van der Waals surface area (Å²) in [7, 11) is 0. The zero-order valence-electron chi connectivity index (χ0n) is 19.0. The Morgan fingerprint density at radius 2 is 1.97 bits per heavy atom. The maximum Gasteiger partial charge on any atom is 0.204 e. The van der Waals surface area contributed by atoms with Gasteiger partial charge in [-0.1, -0.05) is 32.0 Å². The van der Waals surface area contributed by atoms with Crippen molar-refractivity contribution in [3.05, 3.63) is 78.1 Å². The first-order valence-electron chi connectivity index (χ1n) is 11.5. The molecular weight excluding hydrogens is 412 g/mol. The van der Waals surface area contributed by atoms with Crippen molar-refractivity contribution in [2.45, 2.75) is 45.8 Å². The minimum Gasteiger partial charge on any atom is -0.487 e. The number of nitrogens with one attached hydrogen (secondary N) is 1. The molecule has 1 aliphatic rings. The van der Waals surface area contributed by atoms with Crippen LogP contribution in [-0.4, -0.2) is 25.2 Å². The molecule has 0 saturated heterocycles. The highest BCUT2D eigenvalue weighted by Gasteiger charge is 2.27. The zero-order valence-corrected chi connectivity index (χ0v) is 19.0. The first-order valence-corrected chi connectivity index (χ1v) is 11.5. The molecule has 0 spiro atoms. The molecule has 1 aliphatic carbocycles. The molecule has 0 atom stereocenters. The van der Waals surface area contributed by atoms with Crippen LogP contribution in [-0.2, 0) is 13.2 Å². The maximum absolute atomic E-state index is 6.01. The fraction of sp³-hybridized carbons (Fsp3) is 0.308. The molecule has 1 N–H and O–H groups in total. The van der Waals surface area contributed by atoms with E-state index in [4.69, 9.17) is 4.74 Å². The highest BCUT2D eigenvalue weighted by Crippen LogP contribution is 2.45. The lowest BCUT2D eigenvalue weighted by Crippen LogP contribution is -2.07. The summed E-state index contributed by atoms with van der Waals surface area (Å²) in [6.45, 7) is 5.49. The second-order valence-corrected chi connectivity index (χ2v) is 8.90. The van der Waals surface area contributed by atoms with E-state index >= 15 is 0 Å². The summed E-state index contributed by atoms with van der Waals surface area (Å²) < 4.78 is 6.01. The lowest BCUT2D eigenvalue weighted by Gasteiger charge is -2.15. The van der Waals surface area contributed by atoms with Crippen LogP contribution in [0.25, 0.3) is 11.4 Å². The molecule has 5 rings (SSSR count). The average Bonchev–Trinajstić information content (AvgIpc) is 3.57. The third-order valence-corrected chi connectivity index (χ3v) is 5.53. The van der Waals surface area contributed by atoms with Gasteiger partial charge in [-0.05, 0) is 77.9 Å². The second-order valence-electron chi connectivity index (χ2n) is 8.90. The Kier molecular flexibility index (Phi) is 6.02. The van der Waals surface area contributed by atoms with E-state index in [1.165, 1.54) is 18.4 Å². The predicted octanol–water partition coefficient (Wildman–Crippen LogP) is 5.59. The number of hydrogen-bond donors (Lipinski definition) is 1. The van der Waals surface area contributed by atoms with Gasteiger partial charge in [-0.15, -0.1) is 10.2 Å². The fourth-order valence-electron chi connectivity index (χ4n) is 3.77. The third-order valence-electron chi connectivity index (χ3n) is 5.53. The summed E-state index contributed by atoms with van der Waals surface area (Å²) in [4.78, 5) is 5.99. The van der Waals surface area contributed by atoms with Gasteiger partial charge in [0.05, 0.1) is 12.2 Å². The Bertz CT molecular complexity index is 1220. The quantitative estimate of drug-likeness (QED) is 0.365. The Hall–Kier alpha value is -3.74. The van der Waals surface area contributed by atoms with Crippen molar-refractivity contribution in [1.82, 2.24) is 25.2 Å². The van der Waals surface area contributed by atoms with Gasteiger partial charge in [0.2, 0.25) is 5.82 Å². The van der Waals surface area contributed by atoms with Crippen molar-refractivity contribution in [2.24, 2.45) is 5.92 Å². The Morgan fingerprint density at radius 1 is 1.06 bits per heavy atom. The third kappa shape index (κ3) is 5.37. The minimum absolute atomic E-state index is 0.463. The largest absolute Gasteiger partial charge is 0.487 e. The van der Waals surface area contributed by atoms with Crippen molar-refractivity contribution in [3.63, 3.8) is 0 Å². The number of hydrogen-bond acceptors (Lipinski definition) is 6. The van der Waals surface area contributed by atoms with Crippen molar-refractivity contribution >= 4 is 11.4 Å². The SMILES string of the molecule is CC(C)Cn1nnc(-c2cccc(Nc3ccc(OCc4ccccn4)cc3C3CC3)c2)n1. The number of benzene rings is 2. The Morgan fingerprint density at radius 3 is 2.76 bits per heavy atom. The summed E-state index contributed by atoms with van der Waals surface area (Å²) in [6, 6.07) is 20.3. The Balaban J connectivity index is 1.32. The molecule has 2 aromatic heterocycles. The lowest BCUT2D eigenvalue weighted by molar-refractivity contribution is 0.301. The van der Waals surface area contributed by atoms with Gasteiger partial charge in [0.1, 0.15) is 12.4 Å². The molecule has 0 amide bonds. The van der Waals surface area contributed by atoms with Crippen molar-refractivity contribution in [3.8, 4) is 17.1 Å². The van der Waals surface area contributed by atoms with E-state index < -0.39 is 0 Å². The standard InChI is InChI=1S/C26H28N6O/c1-18(2)16-32-30-26(29-31-32)20-6-5-8-21(14-20)28-25-12-11-23(15-24(25)19-9-10-19)33-17-22-7-3-4-13-27-22/h3-8,11-15,18-19,28H,9-10,16-17H2,1-2H3. The van der Waals surface area contributed by atoms with Gasteiger partial charge in [0.25, 0.3) is 0 Å². The van der Waals surface area contributed by atoms with E-state index in [2.05, 4.69) is 63.8 Å². The average molecular weight is 441 g/mol. The van der Waals surface area contributed by atoms with E-state index in [1.54, 1.807) is 11.0 Å². The molecule has 1 fully saturated rings. The van der Waals surface area contributed by atoms with Gasteiger partial charge in [0, 0.05) is 23.1 Å². The molecule has 0 bridgehead atoms. The van der Waals surface area contributed by atoms with Gasteiger partial charge in [-0.25, -0.2) is 0 Å². The fourth-order valence-corrected chi connectivity index (χ4v) is 3.77. The molecule has 2 aromatic carbocycles. The normalized spacial score (nSPS) is 13.3. The van der Waals surface area contributed by atoms with E-state index in [0.29, 0.717) is 24.3 Å². The zero-order chi connectivity index (χ0) is 22.6. The molecule has 7 heteroatoms. The number of ether oxygens (including phenoxy) is 1. The summed E-state index contributed by atoms with van der Waals surface area (Å²) in [5.74, 6) is 2.55. The summed E-state index contributed by atoms with van der Waals surface area (Å²) >= 11 is 0. The number of anilines is 2. The number of tetrazole rings is 1. The Labute approximate surface area is 193 Å². The van der Waals surface area contributed by atoms with E-state index in [1.807, 2.05) is 36.4 Å². The molecule has 4 aromatic rings. The highest BCUT2D eigenvalue weighted by atomic mass is 16.5. The smallest absolute Gasteiger partial charge is 0.204 e. The van der Waals surface area contributed by atoms with Crippen molar-refractivity contribution in [2.75, 3.05) is 5.32 Å². The first-order chi connectivity index (χ1) is 16.1. The van der Waals surface area contributed by atoms with Crippen LogP contribution in [0.5, 0.6) is 5.75 Å². The maximum atomic E-state index is 6.01. The van der Waals surface area contributed by atoms with Gasteiger partial charge >= 0.3 is 0 Å². The van der Waals surface area contributed by atoms with Gasteiger partial charge in [0.15, 0.2) is 0 Å². The van der Waals surface area contributed by atoms with Gasteiger partial charge in [-0.2, -0.15) is 4.80 Å². The number of pyridine rings is 1. The molecule has 2 heterocycles. The van der Waals surface area contributed by atoms with Crippen LogP contribution < -0.4 is 10.1 Å². The molecule has 1 saturated carbocycles.